The molecule has 1 aliphatic rings. The molecule has 2 nitrogen and oxygen atoms in total. The van der Waals surface area contributed by atoms with Crippen molar-refractivity contribution in [1.82, 2.24) is 0 Å². The SMILES string of the molecule is CC(C)=CC(=O)C1OCCc2ccccc21. The van der Waals surface area contributed by atoms with Gasteiger partial charge in [-0.2, -0.15) is 0 Å². The van der Waals surface area contributed by atoms with Crippen molar-refractivity contribution >= 4 is 5.78 Å². The third-order valence-electron chi connectivity index (χ3n) is 2.68. The van der Waals surface area contributed by atoms with Crippen molar-refractivity contribution in [2.75, 3.05) is 6.61 Å². The van der Waals surface area contributed by atoms with E-state index in [1.807, 2.05) is 32.0 Å². The van der Waals surface area contributed by atoms with Crippen LogP contribution in [-0.2, 0) is 16.0 Å². The number of fused-ring (bicyclic) bond motifs is 1. The van der Waals surface area contributed by atoms with Crippen LogP contribution >= 0.6 is 0 Å². The van der Waals surface area contributed by atoms with Crippen LogP contribution in [0, 0.1) is 0 Å². The Balaban J connectivity index is 2.32. The Morgan fingerprint density at radius 2 is 2.12 bits per heavy atom. The number of hydrogen-bond donors (Lipinski definition) is 0. The topological polar surface area (TPSA) is 26.3 Å². The van der Waals surface area contributed by atoms with Gasteiger partial charge in [-0.25, -0.2) is 0 Å². The van der Waals surface area contributed by atoms with E-state index in [1.165, 1.54) is 5.56 Å². The van der Waals surface area contributed by atoms with Crippen molar-refractivity contribution in [3.63, 3.8) is 0 Å². The van der Waals surface area contributed by atoms with Crippen LogP contribution in [0.5, 0.6) is 0 Å². The molecule has 1 aromatic rings. The summed E-state index contributed by atoms with van der Waals surface area (Å²) in [6.45, 7) is 4.48. The van der Waals surface area contributed by atoms with Gasteiger partial charge in [0.25, 0.3) is 0 Å². The Hall–Kier alpha value is -1.41. The highest BCUT2D eigenvalue weighted by atomic mass is 16.5. The van der Waals surface area contributed by atoms with Crippen LogP contribution in [0.4, 0.5) is 0 Å². The Labute approximate surface area is 95.9 Å². The van der Waals surface area contributed by atoms with E-state index in [0.717, 1.165) is 17.6 Å². The summed E-state index contributed by atoms with van der Waals surface area (Å²) in [7, 11) is 0. The molecule has 1 unspecified atom stereocenters. The molecule has 0 spiro atoms. The predicted octanol–water partition coefficient (Wildman–Crippen LogP) is 2.84. The number of carbonyl (C=O) groups excluding carboxylic acids is 1. The first-order valence-corrected chi connectivity index (χ1v) is 5.56. The zero-order chi connectivity index (χ0) is 11.5. The van der Waals surface area contributed by atoms with Crippen LogP contribution < -0.4 is 0 Å². The minimum Gasteiger partial charge on any atom is -0.365 e. The molecular weight excluding hydrogens is 200 g/mol. The molecule has 2 heteroatoms. The van der Waals surface area contributed by atoms with E-state index < -0.39 is 6.10 Å². The van der Waals surface area contributed by atoms with E-state index in [1.54, 1.807) is 6.08 Å². The van der Waals surface area contributed by atoms with Crippen molar-refractivity contribution in [1.29, 1.82) is 0 Å². The van der Waals surface area contributed by atoms with Crippen molar-refractivity contribution in [3.8, 4) is 0 Å². The lowest BCUT2D eigenvalue weighted by Gasteiger charge is -2.24. The Morgan fingerprint density at radius 1 is 1.38 bits per heavy atom. The van der Waals surface area contributed by atoms with Gasteiger partial charge in [-0.05, 0) is 37.5 Å². The number of hydrogen-bond acceptors (Lipinski definition) is 2. The number of ether oxygens (including phenoxy) is 1. The quantitative estimate of drug-likeness (QED) is 0.710. The monoisotopic (exact) mass is 216 g/mol. The van der Waals surface area contributed by atoms with Gasteiger partial charge in [-0.3, -0.25) is 4.79 Å². The molecular formula is C14H16O2. The fraction of sp³-hybridized carbons (Fsp3) is 0.357. The molecule has 1 heterocycles. The first-order chi connectivity index (χ1) is 7.68. The summed E-state index contributed by atoms with van der Waals surface area (Å²) >= 11 is 0. The summed E-state index contributed by atoms with van der Waals surface area (Å²) in [5.74, 6) is 0.0483. The standard InChI is InChI=1S/C14H16O2/c1-10(2)9-13(15)14-12-6-4-3-5-11(12)7-8-16-14/h3-6,9,14H,7-8H2,1-2H3. The van der Waals surface area contributed by atoms with E-state index in [2.05, 4.69) is 6.07 Å². The predicted molar refractivity (Wildman–Crippen MR) is 63.3 cm³/mol. The summed E-state index contributed by atoms with van der Waals surface area (Å²) in [5.41, 5.74) is 3.27. The first-order valence-electron chi connectivity index (χ1n) is 5.56. The van der Waals surface area contributed by atoms with E-state index in [-0.39, 0.29) is 5.78 Å². The van der Waals surface area contributed by atoms with Gasteiger partial charge in [0.1, 0.15) is 6.10 Å². The summed E-state index contributed by atoms with van der Waals surface area (Å²) in [5, 5.41) is 0. The van der Waals surface area contributed by atoms with Crippen LogP contribution in [-0.4, -0.2) is 12.4 Å². The van der Waals surface area contributed by atoms with E-state index >= 15 is 0 Å². The number of benzene rings is 1. The molecule has 2 rings (SSSR count). The fourth-order valence-corrected chi connectivity index (χ4v) is 1.99. The van der Waals surface area contributed by atoms with Gasteiger partial charge in [0.2, 0.25) is 0 Å². The number of rotatable bonds is 2. The van der Waals surface area contributed by atoms with Gasteiger partial charge < -0.3 is 4.74 Å². The van der Waals surface area contributed by atoms with Crippen molar-refractivity contribution in [3.05, 3.63) is 47.0 Å². The van der Waals surface area contributed by atoms with Crippen LogP contribution in [0.3, 0.4) is 0 Å². The highest BCUT2D eigenvalue weighted by Crippen LogP contribution is 2.28. The second-order valence-electron chi connectivity index (χ2n) is 4.32. The minimum atomic E-state index is -0.403. The van der Waals surface area contributed by atoms with Gasteiger partial charge in [-0.1, -0.05) is 29.8 Å². The summed E-state index contributed by atoms with van der Waals surface area (Å²) in [4.78, 5) is 12.0. The summed E-state index contributed by atoms with van der Waals surface area (Å²) in [6, 6.07) is 8.01. The molecule has 0 aromatic heterocycles. The van der Waals surface area contributed by atoms with Crippen molar-refractivity contribution in [2.24, 2.45) is 0 Å². The Bertz CT molecular complexity index is 428. The zero-order valence-corrected chi connectivity index (χ0v) is 9.69. The highest BCUT2D eigenvalue weighted by molar-refractivity contribution is 5.95. The Morgan fingerprint density at radius 3 is 2.88 bits per heavy atom. The molecule has 0 fully saturated rings. The van der Waals surface area contributed by atoms with Gasteiger partial charge in [-0.15, -0.1) is 0 Å². The van der Waals surface area contributed by atoms with Gasteiger partial charge in [0, 0.05) is 0 Å². The lowest BCUT2D eigenvalue weighted by molar-refractivity contribution is -0.126. The minimum absolute atomic E-state index is 0.0483. The molecule has 0 N–H and O–H groups in total. The number of carbonyl (C=O) groups is 1. The van der Waals surface area contributed by atoms with Crippen molar-refractivity contribution in [2.45, 2.75) is 26.4 Å². The molecule has 0 saturated carbocycles. The van der Waals surface area contributed by atoms with Crippen LogP contribution in [0.25, 0.3) is 0 Å². The molecule has 1 aliphatic heterocycles. The molecule has 84 valence electrons. The molecule has 1 atom stereocenters. The second kappa shape index (κ2) is 4.62. The second-order valence-corrected chi connectivity index (χ2v) is 4.32. The summed E-state index contributed by atoms with van der Waals surface area (Å²) in [6.07, 6.45) is 2.15. The normalized spacial score (nSPS) is 18.8. The van der Waals surface area contributed by atoms with E-state index in [0.29, 0.717) is 6.61 Å². The average molecular weight is 216 g/mol. The van der Waals surface area contributed by atoms with Gasteiger partial charge in [0.15, 0.2) is 5.78 Å². The molecule has 0 radical (unpaired) electrons. The third-order valence-corrected chi connectivity index (χ3v) is 2.68. The van der Waals surface area contributed by atoms with E-state index in [4.69, 9.17) is 4.74 Å². The largest absolute Gasteiger partial charge is 0.365 e. The maximum atomic E-state index is 12.0. The average Bonchev–Trinajstić information content (AvgIpc) is 2.27. The Kier molecular flexibility index (Phi) is 3.20. The van der Waals surface area contributed by atoms with E-state index in [9.17, 15) is 4.79 Å². The van der Waals surface area contributed by atoms with Crippen LogP contribution in [0.1, 0.15) is 31.1 Å². The van der Waals surface area contributed by atoms with Crippen LogP contribution in [0.2, 0.25) is 0 Å². The first kappa shape index (κ1) is 11.1. The molecule has 0 amide bonds. The fourth-order valence-electron chi connectivity index (χ4n) is 1.99. The molecule has 16 heavy (non-hydrogen) atoms. The molecule has 0 saturated heterocycles. The molecule has 1 aromatic carbocycles. The summed E-state index contributed by atoms with van der Waals surface area (Å²) < 4.78 is 5.57. The van der Waals surface area contributed by atoms with Crippen LogP contribution in [0.15, 0.2) is 35.9 Å². The third kappa shape index (κ3) is 2.22. The molecule has 0 bridgehead atoms. The number of ketones is 1. The lowest BCUT2D eigenvalue weighted by atomic mass is 9.95. The molecule has 0 aliphatic carbocycles. The maximum absolute atomic E-state index is 12.0. The smallest absolute Gasteiger partial charge is 0.188 e. The maximum Gasteiger partial charge on any atom is 0.188 e. The zero-order valence-electron chi connectivity index (χ0n) is 9.69. The van der Waals surface area contributed by atoms with Crippen molar-refractivity contribution < 1.29 is 9.53 Å². The highest BCUT2D eigenvalue weighted by Gasteiger charge is 2.25. The van der Waals surface area contributed by atoms with Gasteiger partial charge >= 0.3 is 0 Å². The number of allylic oxidation sites excluding steroid dienone is 1. The lowest BCUT2D eigenvalue weighted by Crippen LogP contribution is -2.22. The van der Waals surface area contributed by atoms with Gasteiger partial charge in [0.05, 0.1) is 6.61 Å².